The lowest BCUT2D eigenvalue weighted by molar-refractivity contribution is -0.124. The van der Waals surface area contributed by atoms with E-state index in [0.29, 0.717) is 16.3 Å². The van der Waals surface area contributed by atoms with Crippen LogP contribution in [-0.2, 0) is 9.53 Å². The Morgan fingerprint density at radius 3 is 2.34 bits per heavy atom. The van der Waals surface area contributed by atoms with E-state index in [1.165, 1.54) is 30.3 Å². The van der Waals surface area contributed by atoms with Crippen molar-refractivity contribution in [3.8, 4) is 0 Å². The number of halogens is 2. The quantitative estimate of drug-likeness (QED) is 0.651. The molecule has 7 heteroatoms. The number of carbonyl (C=O) groups is 2. The zero-order chi connectivity index (χ0) is 20.4. The van der Waals surface area contributed by atoms with Crippen molar-refractivity contribution in [2.24, 2.45) is 4.99 Å². The normalized spacial score (nSPS) is 15.6. The van der Waals surface area contributed by atoms with Crippen molar-refractivity contribution in [2.75, 3.05) is 5.32 Å². The number of benzodiazepines with no additional fused rings is 1. The number of rotatable bonds is 3. The molecule has 1 atom stereocenters. The average Bonchev–Trinajstić information content (AvgIpc) is 2.85. The van der Waals surface area contributed by atoms with Crippen molar-refractivity contribution in [2.45, 2.75) is 6.23 Å². The van der Waals surface area contributed by atoms with Gasteiger partial charge >= 0.3 is 5.97 Å². The molecule has 0 spiro atoms. The van der Waals surface area contributed by atoms with Crippen LogP contribution in [0.2, 0.25) is 5.02 Å². The summed E-state index contributed by atoms with van der Waals surface area (Å²) in [4.78, 5) is 29.4. The summed E-state index contributed by atoms with van der Waals surface area (Å²) in [6.45, 7) is 0. The predicted molar refractivity (Wildman–Crippen MR) is 108 cm³/mol. The van der Waals surface area contributed by atoms with Gasteiger partial charge in [0, 0.05) is 16.1 Å². The first kappa shape index (κ1) is 18.8. The first-order valence-electron chi connectivity index (χ1n) is 8.72. The number of nitrogens with zero attached hydrogens (tertiary/aromatic N) is 1. The second-order valence-electron chi connectivity index (χ2n) is 6.26. The standard InChI is InChI=1S/C22H14ClFN2O3/c23-14-11-9-13(10-12-14)22(28)29-21-20(27)25-18-8-4-2-6-16(18)19(26-21)15-5-1-3-7-17(15)24/h1-12,21H,(H,25,27)/t21-/m0/s1. The number of fused-ring (bicyclic) bond motifs is 1. The number of carbonyl (C=O) groups excluding carboxylic acids is 2. The lowest BCUT2D eigenvalue weighted by atomic mass is 10.0. The summed E-state index contributed by atoms with van der Waals surface area (Å²) in [6.07, 6.45) is -1.49. The molecule has 1 aliphatic rings. The number of hydrogen-bond acceptors (Lipinski definition) is 4. The summed E-state index contributed by atoms with van der Waals surface area (Å²) >= 11 is 5.83. The van der Waals surface area contributed by atoms with Gasteiger partial charge in [-0.15, -0.1) is 0 Å². The van der Waals surface area contributed by atoms with Crippen molar-refractivity contribution >= 4 is 34.9 Å². The van der Waals surface area contributed by atoms with Gasteiger partial charge in [-0.05, 0) is 42.5 Å². The highest BCUT2D eigenvalue weighted by Gasteiger charge is 2.29. The summed E-state index contributed by atoms with van der Waals surface area (Å²) in [5.74, 6) is -1.88. The molecule has 0 saturated carbocycles. The molecule has 0 aliphatic carbocycles. The average molecular weight is 409 g/mol. The summed E-state index contributed by atoms with van der Waals surface area (Å²) < 4.78 is 19.8. The van der Waals surface area contributed by atoms with Crippen LogP contribution in [0.1, 0.15) is 21.5 Å². The molecule has 29 heavy (non-hydrogen) atoms. The molecule has 0 fully saturated rings. The fraction of sp³-hybridized carbons (Fsp3) is 0.0455. The third-order valence-electron chi connectivity index (χ3n) is 4.34. The number of para-hydroxylation sites is 1. The molecule has 0 saturated heterocycles. The van der Waals surface area contributed by atoms with Gasteiger partial charge in [0.15, 0.2) is 0 Å². The predicted octanol–water partition coefficient (Wildman–Crippen LogP) is 4.45. The molecule has 3 aromatic rings. The van der Waals surface area contributed by atoms with Gasteiger partial charge in [0.1, 0.15) is 5.82 Å². The number of esters is 1. The number of anilines is 1. The number of benzene rings is 3. The maximum Gasteiger partial charge on any atom is 0.340 e. The molecule has 1 heterocycles. The molecular weight excluding hydrogens is 395 g/mol. The van der Waals surface area contributed by atoms with Gasteiger partial charge in [-0.3, -0.25) is 4.79 Å². The number of amides is 1. The fourth-order valence-corrected chi connectivity index (χ4v) is 3.07. The molecule has 3 aromatic carbocycles. The van der Waals surface area contributed by atoms with Gasteiger partial charge in [-0.1, -0.05) is 41.9 Å². The van der Waals surface area contributed by atoms with E-state index in [2.05, 4.69) is 10.3 Å². The zero-order valence-electron chi connectivity index (χ0n) is 14.9. The van der Waals surface area contributed by atoms with Crippen LogP contribution in [0.3, 0.4) is 0 Å². The van der Waals surface area contributed by atoms with Crippen LogP contribution >= 0.6 is 11.6 Å². The number of ether oxygens (including phenoxy) is 1. The van der Waals surface area contributed by atoms with Crippen LogP contribution in [0, 0.1) is 5.82 Å². The van der Waals surface area contributed by atoms with Crippen molar-refractivity contribution in [1.82, 2.24) is 0 Å². The molecule has 1 amide bonds. The van der Waals surface area contributed by atoms with Crippen molar-refractivity contribution in [3.05, 3.63) is 100 Å². The van der Waals surface area contributed by atoms with Crippen LogP contribution in [0.5, 0.6) is 0 Å². The summed E-state index contributed by atoms with van der Waals surface area (Å²) in [5, 5.41) is 3.15. The highest BCUT2D eigenvalue weighted by Crippen LogP contribution is 2.26. The van der Waals surface area contributed by atoms with E-state index >= 15 is 0 Å². The first-order chi connectivity index (χ1) is 14.0. The summed E-state index contributed by atoms with van der Waals surface area (Å²) in [6, 6.07) is 19.0. The smallest absolute Gasteiger partial charge is 0.340 e. The molecular formula is C22H14ClFN2O3. The molecule has 0 unspecified atom stereocenters. The van der Waals surface area contributed by atoms with Gasteiger partial charge in [0.25, 0.3) is 12.1 Å². The monoisotopic (exact) mass is 408 g/mol. The van der Waals surface area contributed by atoms with E-state index < -0.39 is 23.9 Å². The van der Waals surface area contributed by atoms with Crippen molar-refractivity contribution in [3.63, 3.8) is 0 Å². The maximum absolute atomic E-state index is 14.5. The largest absolute Gasteiger partial charge is 0.426 e. The fourth-order valence-electron chi connectivity index (χ4n) is 2.94. The Kier molecular flexibility index (Phi) is 5.10. The molecule has 1 aliphatic heterocycles. The van der Waals surface area contributed by atoms with Gasteiger partial charge in [0.2, 0.25) is 0 Å². The Morgan fingerprint density at radius 2 is 1.62 bits per heavy atom. The molecule has 0 bridgehead atoms. The first-order valence-corrected chi connectivity index (χ1v) is 9.10. The Balaban J connectivity index is 1.76. The number of nitrogens with one attached hydrogen (secondary N) is 1. The van der Waals surface area contributed by atoms with Crippen LogP contribution in [0.25, 0.3) is 0 Å². The van der Waals surface area contributed by atoms with Gasteiger partial charge in [-0.25, -0.2) is 14.2 Å². The number of aliphatic imine (C=N–C) groups is 1. The Hall–Kier alpha value is -3.51. The van der Waals surface area contributed by atoms with E-state index in [-0.39, 0.29) is 16.8 Å². The van der Waals surface area contributed by atoms with Crippen molar-refractivity contribution < 1.29 is 18.7 Å². The molecule has 5 nitrogen and oxygen atoms in total. The Bertz CT molecular complexity index is 1130. The third kappa shape index (κ3) is 3.88. The second-order valence-corrected chi connectivity index (χ2v) is 6.69. The minimum atomic E-state index is -1.49. The minimum absolute atomic E-state index is 0.198. The molecule has 0 aromatic heterocycles. The van der Waals surface area contributed by atoms with Gasteiger partial charge in [0.05, 0.1) is 17.0 Å². The minimum Gasteiger partial charge on any atom is -0.426 e. The third-order valence-corrected chi connectivity index (χ3v) is 4.59. The molecule has 1 N–H and O–H groups in total. The highest BCUT2D eigenvalue weighted by atomic mass is 35.5. The van der Waals surface area contributed by atoms with Crippen molar-refractivity contribution in [1.29, 1.82) is 0 Å². The summed E-state index contributed by atoms with van der Waals surface area (Å²) in [7, 11) is 0. The highest BCUT2D eigenvalue weighted by molar-refractivity contribution is 6.30. The van der Waals surface area contributed by atoms with E-state index in [4.69, 9.17) is 16.3 Å². The van der Waals surface area contributed by atoms with E-state index in [1.807, 2.05) is 0 Å². The second kappa shape index (κ2) is 7.85. The van der Waals surface area contributed by atoms with E-state index in [1.54, 1.807) is 42.5 Å². The molecule has 144 valence electrons. The van der Waals surface area contributed by atoms with Crippen LogP contribution in [-0.4, -0.2) is 23.8 Å². The van der Waals surface area contributed by atoms with Crippen LogP contribution < -0.4 is 5.32 Å². The topological polar surface area (TPSA) is 67.8 Å². The lowest BCUT2D eigenvalue weighted by Crippen LogP contribution is -2.30. The summed E-state index contributed by atoms with van der Waals surface area (Å²) in [5.41, 5.74) is 1.60. The van der Waals surface area contributed by atoms with Gasteiger partial charge in [-0.2, -0.15) is 0 Å². The molecule has 4 rings (SSSR count). The molecule has 0 radical (unpaired) electrons. The van der Waals surface area contributed by atoms with Crippen LogP contribution in [0.4, 0.5) is 10.1 Å². The SMILES string of the molecule is O=C(O[C@@H]1N=C(c2ccccc2F)c2ccccc2NC1=O)c1ccc(Cl)cc1. The number of hydrogen-bond donors (Lipinski definition) is 1. The Labute approximate surface area is 170 Å². The maximum atomic E-state index is 14.5. The lowest BCUT2D eigenvalue weighted by Gasteiger charge is -2.12. The van der Waals surface area contributed by atoms with E-state index in [0.717, 1.165) is 0 Å². The Morgan fingerprint density at radius 1 is 0.966 bits per heavy atom. The van der Waals surface area contributed by atoms with E-state index in [9.17, 15) is 14.0 Å². The zero-order valence-corrected chi connectivity index (χ0v) is 15.7. The van der Waals surface area contributed by atoms with Crippen LogP contribution in [0.15, 0.2) is 77.8 Å². The van der Waals surface area contributed by atoms with Gasteiger partial charge < -0.3 is 10.1 Å².